The number of aromatic hydroxyl groups is 1. The SMILES string of the molecule is COc1c(C)cc(C[C@H](N)CO)cc1O. The van der Waals surface area contributed by atoms with Crippen molar-refractivity contribution in [3.8, 4) is 11.5 Å². The zero-order valence-corrected chi connectivity index (χ0v) is 9.03. The second-order valence-corrected chi connectivity index (χ2v) is 3.61. The van der Waals surface area contributed by atoms with E-state index >= 15 is 0 Å². The maximum Gasteiger partial charge on any atom is 0.163 e. The Kier molecular flexibility index (Phi) is 3.94. The van der Waals surface area contributed by atoms with Crippen LogP contribution >= 0.6 is 0 Å². The molecule has 4 N–H and O–H groups in total. The second-order valence-electron chi connectivity index (χ2n) is 3.61. The predicted octanol–water partition coefficient (Wildman–Crippen LogP) is 0.571. The van der Waals surface area contributed by atoms with Gasteiger partial charge in [-0.05, 0) is 30.5 Å². The van der Waals surface area contributed by atoms with Gasteiger partial charge in [-0.25, -0.2) is 0 Å². The van der Waals surface area contributed by atoms with E-state index in [1.54, 1.807) is 6.07 Å². The molecule has 0 aliphatic rings. The van der Waals surface area contributed by atoms with Crippen LogP contribution in [0.1, 0.15) is 11.1 Å². The maximum atomic E-state index is 9.63. The minimum atomic E-state index is -0.294. The van der Waals surface area contributed by atoms with Crippen LogP contribution in [0.25, 0.3) is 0 Å². The van der Waals surface area contributed by atoms with Crippen LogP contribution in [0.3, 0.4) is 0 Å². The first-order valence-electron chi connectivity index (χ1n) is 4.81. The molecule has 1 rings (SSSR count). The van der Waals surface area contributed by atoms with Gasteiger partial charge in [-0.15, -0.1) is 0 Å². The van der Waals surface area contributed by atoms with Crippen LogP contribution in [0.2, 0.25) is 0 Å². The number of aliphatic hydroxyl groups is 1. The fourth-order valence-electron chi connectivity index (χ4n) is 1.58. The topological polar surface area (TPSA) is 75.7 Å². The Hall–Kier alpha value is -1.26. The molecule has 0 unspecified atom stereocenters. The molecule has 0 aromatic heterocycles. The van der Waals surface area contributed by atoms with Crippen LogP contribution in [0.4, 0.5) is 0 Å². The lowest BCUT2D eigenvalue weighted by atomic mass is 10.0. The van der Waals surface area contributed by atoms with Crippen molar-refractivity contribution in [1.29, 1.82) is 0 Å². The lowest BCUT2D eigenvalue weighted by molar-refractivity contribution is 0.265. The van der Waals surface area contributed by atoms with Gasteiger partial charge in [-0.1, -0.05) is 6.07 Å². The third-order valence-electron chi connectivity index (χ3n) is 2.25. The summed E-state index contributed by atoms with van der Waals surface area (Å²) in [5, 5.41) is 18.5. The van der Waals surface area contributed by atoms with Crippen LogP contribution in [0.15, 0.2) is 12.1 Å². The fourth-order valence-corrected chi connectivity index (χ4v) is 1.58. The van der Waals surface area contributed by atoms with E-state index in [2.05, 4.69) is 0 Å². The first kappa shape index (κ1) is 11.8. The normalized spacial score (nSPS) is 12.5. The monoisotopic (exact) mass is 211 g/mol. The minimum absolute atomic E-state index is 0.0637. The molecule has 1 aromatic carbocycles. The number of benzene rings is 1. The molecular formula is C11H17NO3. The van der Waals surface area contributed by atoms with Gasteiger partial charge in [0.15, 0.2) is 11.5 Å². The Morgan fingerprint density at radius 2 is 2.13 bits per heavy atom. The van der Waals surface area contributed by atoms with Gasteiger partial charge >= 0.3 is 0 Å². The summed E-state index contributed by atoms with van der Waals surface area (Å²) in [5.41, 5.74) is 7.37. The van der Waals surface area contributed by atoms with Crippen molar-refractivity contribution in [3.05, 3.63) is 23.3 Å². The lowest BCUT2D eigenvalue weighted by Gasteiger charge is -2.12. The van der Waals surface area contributed by atoms with E-state index in [1.807, 2.05) is 13.0 Å². The average Bonchev–Trinajstić information content (AvgIpc) is 2.17. The highest BCUT2D eigenvalue weighted by molar-refractivity contribution is 5.48. The summed E-state index contributed by atoms with van der Waals surface area (Å²) in [4.78, 5) is 0. The molecule has 0 fully saturated rings. The minimum Gasteiger partial charge on any atom is -0.504 e. The van der Waals surface area contributed by atoms with Crippen molar-refractivity contribution in [2.45, 2.75) is 19.4 Å². The summed E-state index contributed by atoms with van der Waals surface area (Å²) in [6.45, 7) is 1.79. The maximum absolute atomic E-state index is 9.63. The third-order valence-corrected chi connectivity index (χ3v) is 2.25. The summed E-state index contributed by atoms with van der Waals surface area (Å²) in [7, 11) is 1.52. The number of methoxy groups -OCH3 is 1. The van der Waals surface area contributed by atoms with Crippen LogP contribution in [-0.4, -0.2) is 30.0 Å². The number of hydrogen-bond donors (Lipinski definition) is 3. The van der Waals surface area contributed by atoms with E-state index in [1.165, 1.54) is 7.11 Å². The molecule has 0 saturated carbocycles. The molecular weight excluding hydrogens is 194 g/mol. The van der Waals surface area contributed by atoms with Gasteiger partial charge in [0, 0.05) is 6.04 Å². The smallest absolute Gasteiger partial charge is 0.163 e. The Labute approximate surface area is 89.3 Å². The van der Waals surface area contributed by atoms with Gasteiger partial charge < -0.3 is 20.7 Å². The van der Waals surface area contributed by atoms with Crippen LogP contribution < -0.4 is 10.5 Å². The molecule has 0 heterocycles. The summed E-state index contributed by atoms with van der Waals surface area (Å²) in [5.74, 6) is 0.592. The largest absolute Gasteiger partial charge is 0.504 e. The van der Waals surface area contributed by atoms with Crippen molar-refractivity contribution in [2.75, 3.05) is 13.7 Å². The van der Waals surface area contributed by atoms with E-state index < -0.39 is 0 Å². The summed E-state index contributed by atoms with van der Waals surface area (Å²) in [6, 6.07) is 3.22. The zero-order chi connectivity index (χ0) is 11.4. The molecule has 0 bridgehead atoms. The van der Waals surface area contributed by atoms with Crippen molar-refractivity contribution in [2.24, 2.45) is 5.73 Å². The highest BCUT2D eigenvalue weighted by Crippen LogP contribution is 2.31. The molecule has 0 saturated heterocycles. The Morgan fingerprint density at radius 3 is 2.60 bits per heavy atom. The van der Waals surface area contributed by atoms with Gasteiger partial charge in [0.05, 0.1) is 13.7 Å². The van der Waals surface area contributed by atoms with Crippen LogP contribution in [-0.2, 0) is 6.42 Å². The number of hydrogen-bond acceptors (Lipinski definition) is 4. The van der Waals surface area contributed by atoms with Gasteiger partial charge in [0.25, 0.3) is 0 Å². The molecule has 1 aromatic rings. The summed E-state index contributed by atoms with van der Waals surface area (Å²) < 4.78 is 5.03. The van der Waals surface area contributed by atoms with E-state index in [4.69, 9.17) is 15.6 Å². The fraction of sp³-hybridized carbons (Fsp3) is 0.455. The van der Waals surface area contributed by atoms with Crippen molar-refractivity contribution in [1.82, 2.24) is 0 Å². The molecule has 0 aliphatic heterocycles. The lowest BCUT2D eigenvalue weighted by Crippen LogP contribution is -2.26. The van der Waals surface area contributed by atoms with Gasteiger partial charge in [0.2, 0.25) is 0 Å². The number of nitrogens with two attached hydrogens (primary N) is 1. The molecule has 4 heteroatoms. The van der Waals surface area contributed by atoms with E-state index in [-0.39, 0.29) is 18.4 Å². The number of phenolic OH excluding ortho intramolecular Hbond substituents is 1. The quantitative estimate of drug-likeness (QED) is 0.680. The van der Waals surface area contributed by atoms with Crippen LogP contribution in [0.5, 0.6) is 11.5 Å². The van der Waals surface area contributed by atoms with Crippen molar-refractivity contribution in [3.63, 3.8) is 0 Å². The predicted molar refractivity (Wildman–Crippen MR) is 58.2 cm³/mol. The van der Waals surface area contributed by atoms with Crippen LogP contribution in [0, 0.1) is 6.92 Å². The number of aryl methyl sites for hydroxylation is 1. The van der Waals surface area contributed by atoms with E-state index in [9.17, 15) is 5.11 Å². The van der Waals surface area contributed by atoms with Gasteiger partial charge in [0.1, 0.15) is 0 Å². The highest BCUT2D eigenvalue weighted by atomic mass is 16.5. The number of ether oxygens (including phenoxy) is 1. The van der Waals surface area contributed by atoms with Gasteiger partial charge in [-0.3, -0.25) is 0 Å². The Morgan fingerprint density at radius 1 is 1.47 bits per heavy atom. The first-order valence-corrected chi connectivity index (χ1v) is 4.81. The molecule has 84 valence electrons. The van der Waals surface area contributed by atoms with Crippen molar-refractivity contribution < 1.29 is 14.9 Å². The zero-order valence-electron chi connectivity index (χ0n) is 9.03. The molecule has 0 aliphatic carbocycles. The van der Waals surface area contributed by atoms with Crippen molar-refractivity contribution >= 4 is 0 Å². The number of aliphatic hydroxyl groups excluding tert-OH is 1. The second kappa shape index (κ2) is 5.00. The Balaban J connectivity index is 2.93. The standard InChI is InChI=1S/C11H17NO3/c1-7-3-8(4-9(12)6-13)5-10(14)11(7)15-2/h3,5,9,13-14H,4,6,12H2,1-2H3/t9-/m0/s1. The third kappa shape index (κ3) is 2.84. The first-order chi connectivity index (χ1) is 7.08. The molecule has 1 atom stereocenters. The van der Waals surface area contributed by atoms with Gasteiger partial charge in [-0.2, -0.15) is 0 Å². The molecule has 15 heavy (non-hydrogen) atoms. The molecule has 0 radical (unpaired) electrons. The summed E-state index contributed by atoms with van der Waals surface area (Å²) >= 11 is 0. The summed E-state index contributed by atoms with van der Waals surface area (Å²) in [6.07, 6.45) is 0.537. The average molecular weight is 211 g/mol. The molecule has 0 amide bonds. The highest BCUT2D eigenvalue weighted by Gasteiger charge is 2.09. The molecule has 0 spiro atoms. The number of rotatable bonds is 4. The molecule has 4 nitrogen and oxygen atoms in total. The Bertz CT molecular complexity index is 316. The van der Waals surface area contributed by atoms with E-state index in [0.717, 1.165) is 11.1 Å². The van der Waals surface area contributed by atoms with E-state index in [0.29, 0.717) is 12.2 Å². The number of phenols is 1.